The van der Waals surface area contributed by atoms with Gasteiger partial charge in [-0.1, -0.05) is 35.9 Å². The first-order valence-electron chi connectivity index (χ1n) is 9.95. The van der Waals surface area contributed by atoms with Crippen LogP contribution in [-0.4, -0.2) is 31.2 Å². The Morgan fingerprint density at radius 3 is 2.47 bits per heavy atom. The lowest BCUT2D eigenvalue weighted by atomic mass is 10.1. The van der Waals surface area contributed by atoms with Crippen molar-refractivity contribution in [1.29, 1.82) is 0 Å². The van der Waals surface area contributed by atoms with E-state index in [1.165, 1.54) is 18.5 Å². The van der Waals surface area contributed by atoms with Crippen LogP contribution < -0.4 is 15.0 Å². The van der Waals surface area contributed by atoms with Crippen LogP contribution in [0.5, 0.6) is 5.75 Å². The Morgan fingerprint density at radius 2 is 1.78 bits per heavy atom. The number of hydrogen-bond acceptors (Lipinski definition) is 5. The van der Waals surface area contributed by atoms with Crippen molar-refractivity contribution in [3.05, 3.63) is 82.9 Å². The van der Waals surface area contributed by atoms with Gasteiger partial charge in [-0.05, 0) is 42.0 Å². The molecule has 0 aliphatic heterocycles. The third-order valence-electron chi connectivity index (χ3n) is 5.03. The average Bonchev–Trinajstić information content (AvgIpc) is 2.80. The van der Waals surface area contributed by atoms with Crippen molar-refractivity contribution in [2.45, 2.75) is 0 Å². The number of nitrogens with one attached hydrogen (secondary N) is 1. The highest BCUT2D eigenvalue weighted by Crippen LogP contribution is 2.31. The SMILES string of the molecule is COc1cc2ncnc(Nc3ccc(F)c(Cl)c3)c2cc1/C=C/c1ccc(N(C)C)cc1. The quantitative estimate of drug-likeness (QED) is 0.345. The largest absolute Gasteiger partial charge is 0.496 e. The number of ether oxygens (including phenoxy) is 1. The predicted octanol–water partition coefficient (Wildman–Crippen LogP) is 6.41. The van der Waals surface area contributed by atoms with Crippen molar-refractivity contribution >= 4 is 51.8 Å². The number of halogens is 2. The molecule has 0 bridgehead atoms. The van der Waals surface area contributed by atoms with Crippen LogP contribution in [0.2, 0.25) is 5.02 Å². The average molecular weight is 449 g/mol. The molecule has 0 aliphatic carbocycles. The fourth-order valence-electron chi connectivity index (χ4n) is 3.29. The van der Waals surface area contributed by atoms with Gasteiger partial charge < -0.3 is 15.0 Å². The molecule has 3 aromatic carbocycles. The standard InChI is InChI=1S/C25H22ClFN4O/c1-31(2)19-9-5-16(6-10-19)4-7-17-12-20-23(14-24(17)32-3)28-15-29-25(20)30-18-8-11-22(27)21(26)13-18/h4-15H,1-3H3,(H,28,29,30)/b7-4+. The van der Waals surface area contributed by atoms with Gasteiger partial charge in [0.15, 0.2) is 0 Å². The molecule has 0 aliphatic rings. The summed E-state index contributed by atoms with van der Waals surface area (Å²) >= 11 is 5.91. The number of fused-ring (bicyclic) bond motifs is 1. The van der Waals surface area contributed by atoms with Crippen LogP contribution in [0.15, 0.2) is 60.9 Å². The molecule has 32 heavy (non-hydrogen) atoms. The minimum atomic E-state index is -0.472. The van der Waals surface area contributed by atoms with Crippen molar-refractivity contribution in [3.63, 3.8) is 0 Å². The third kappa shape index (κ3) is 4.65. The van der Waals surface area contributed by atoms with E-state index < -0.39 is 5.82 Å². The topological polar surface area (TPSA) is 50.3 Å². The minimum Gasteiger partial charge on any atom is -0.496 e. The van der Waals surface area contributed by atoms with Gasteiger partial charge in [0.05, 0.1) is 17.6 Å². The number of rotatable bonds is 6. The molecule has 4 rings (SSSR count). The van der Waals surface area contributed by atoms with Crippen molar-refractivity contribution in [1.82, 2.24) is 9.97 Å². The predicted molar refractivity (Wildman–Crippen MR) is 130 cm³/mol. The number of hydrogen-bond donors (Lipinski definition) is 1. The summed E-state index contributed by atoms with van der Waals surface area (Å²) < 4.78 is 19.1. The van der Waals surface area contributed by atoms with Gasteiger partial charge in [0.25, 0.3) is 0 Å². The van der Waals surface area contributed by atoms with Crippen LogP contribution in [-0.2, 0) is 0 Å². The molecule has 0 saturated heterocycles. The highest BCUT2D eigenvalue weighted by Gasteiger charge is 2.10. The summed E-state index contributed by atoms with van der Waals surface area (Å²) in [4.78, 5) is 10.8. The van der Waals surface area contributed by atoms with Gasteiger partial charge in [-0.3, -0.25) is 0 Å². The fourth-order valence-corrected chi connectivity index (χ4v) is 3.47. The Kier molecular flexibility index (Phi) is 6.23. The summed E-state index contributed by atoms with van der Waals surface area (Å²) in [7, 11) is 5.65. The van der Waals surface area contributed by atoms with Gasteiger partial charge >= 0.3 is 0 Å². The fraction of sp³-hybridized carbons (Fsp3) is 0.120. The van der Waals surface area contributed by atoms with Gasteiger partial charge in [0, 0.05) is 42.5 Å². The highest BCUT2D eigenvalue weighted by molar-refractivity contribution is 6.31. The molecule has 0 unspecified atom stereocenters. The molecule has 1 heterocycles. The summed E-state index contributed by atoms with van der Waals surface area (Å²) in [6, 6.07) is 16.5. The number of methoxy groups -OCH3 is 1. The summed E-state index contributed by atoms with van der Waals surface area (Å²) in [5.41, 5.74) is 4.44. The van der Waals surface area contributed by atoms with Crippen molar-refractivity contribution < 1.29 is 9.13 Å². The molecule has 5 nitrogen and oxygen atoms in total. The van der Waals surface area contributed by atoms with Gasteiger partial charge in [0.1, 0.15) is 23.7 Å². The molecule has 0 saturated carbocycles. The van der Waals surface area contributed by atoms with Gasteiger partial charge in [0.2, 0.25) is 0 Å². The summed E-state index contributed by atoms with van der Waals surface area (Å²) in [5, 5.41) is 4.04. The Morgan fingerprint density at radius 1 is 1.00 bits per heavy atom. The second-order valence-electron chi connectivity index (χ2n) is 7.41. The molecule has 162 valence electrons. The van der Waals surface area contributed by atoms with E-state index in [2.05, 4.69) is 44.5 Å². The van der Waals surface area contributed by atoms with Crippen molar-refractivity contribution in [3.8, 4) is 5.75 Å². The molecule has 0 amide bonds. The molecule has 0 spiro atoms. The second-order valence-corrected chi connectivity index (χ2v) is 7.81. The molecule has 7 heteroatoms. The number of anilines is 3. The number of benzene rings is 3. The van der Waals surface area contributed by atoms with E-state index in [4.69, 9.17) is 16.3 Å². The zero-order chi connectivity index (χ0) is 22.7. The van der Waals surface area contributed by atoms with Gasteiger partial charge in [-0.15, -0.1) is 0 Å². The van der Waals surface area contributed by atoms with Crippen LogP contribution in [0.1, 0.15) is 11.1 Å². The lowest BCUT2D eigenvalue weighted by Gasteiger charge is -2.12. The van der Waals surface area contributed by atoms with Gasteiger partial charge in [-0.25, -0.2) is 14.4 Å². The van der Waals surface area contributed by atoms with Crippen LogP contribution in [0.3, 0.4) is 0 Å². The molecule has 1 N–H and O–H groups in total. The smallest absolute Gasteiger partial charge is 0.141 e. The molecule has 4 aromatic rings. The number of nitrogens with zero attached hydrogens (tertiary/aromatic N) is 3. The van der Waals surface area contributed by atoms with Crippen molar-refractivity contribution in [2.75, 3.05) is 31.4 Å². The first-order valence-corrected chi connectivity index (χ1v) is 10.3. The molecule has 0 atom stereocenters. The van der Waals surface area contributed by atoms with Crippen LogP contribution in [0, 0.1) is 5.82 Å². The highest BCUT2D eigenvalue weighted by atomic mass is 35.5. The zero-order valence-electron chi connectivity index (χ0n) is 17.9. The van der Waals surface area contributed by atoms with E-state index in [1.54, 1.807) is 13.2 Å². The van der Waals surface area contributed by atoms with E-state index in [0.717, 1.165) is 27.7 Å². The zero-order valence-corrected chi connectivity index (χ0v) is 18.7. The molecule has 0 fully saturated rings. The van der Waals surface area contributed by atoms with E-state index in [9.17, 15) is 4.39 Å². The van der Waals surface area contributed by atoms with E-state index in [-0.39, 0.29) is 5.02 Å². The molecular formula is C25H22ClFN4O. The first-order chi connectivity index (χ1) is 15.4. The normalized spacial score (nSPS) is 11.2. The Bertz CT molecular complexity index is 1290. The Labute approximate surface area is 191 Å². The minimum absolute atomic E-state index is 0.0407. The van der Waals surface area contributed by atoms with Crippen LogP contribution in [0.4, 0.5) is 21.6 Å². The summed E-state index contributed by atoms with van der Waals surface area (Å²) in [5.74, 6) is 0.819. The second kappa shape index (κ2) is 9.24. The lowest BCUT2D eigenvalue weighted by Crippen LogP contribution is -2.07. The van der Waals surface area contributed by atoms with E-state index in [0.29, 0.717) is 17.3 Å². The summed E-state index contributed by atoms with van der Waals surface area (Å²) in [6.45, 7) is 0. The van der Waals surface area contributed by atoms with Crippen molar-refractivity contribution in [2.24, 2.45) is 0 Å². The lowest BCUT2D eigenvalue weighted by molar-refractivity contribution is 0.414. The monoisotopic (exact) mass is 448 g/mol. The third-order valence-corrected chi connectivity index (χ3v) is 5.32. The molecule has 1 aromatic heterocycles. The number of aromatic nitrogens is 2. The van der Waals surface area contributed by atoms with E-state index >= 15 is 0 Å². The Balaban J connectivity index is 1.70. The maximum absolute atomic E-state index is 13.5. The first kappa shape index (κ1) is 21.6. The molecule has 0 radical (unpaired) electrons. The Hall–Kier alpha value is -3.64. The molecular weight excluding hydrogens is 427 g/mol. The van der Waals surface area contributed by atoms with Crippen LogP contribution >= 0.6 is 11.6 Å². The van der Waals surface area contributed by atoms with Gasteiger partial charge in [-0.2, -0.15) is 0 Å². The van der Waals surface area contributed by atoms with Crippen LogP contribution in [0.25, 0.3) is 23.1 Å². The maximum Gasteiger partial charge on any atom is 0.141 e. The van der Waals surface area contributed by atoms with E-state index in [1.807, 2.05) is 38.4 Å². The maximum atomic E-state index is 13.5. The summed E-state index contributed by atoms with van der Waals surface area (Å²) in [6.07, 6.45) is 5.49.